The fourth-order valence-corrected chi connectivity index (χ4v) is 3.68. The van der Waals surface area contributed by atoms with Crippen LogP contribution in [-0.2, 0) is 13.5 Å². The smallest absolute Gasteiger partial charge is 0.142 e. The van der Waals surface area contributed by atoms with Crippen molar-refractivity contribution < 1.29 is 0 Å². The molecule has 0 bridgehead atoms. The first-order valence-electron chi connectivity index (χ1n) is 5.93. The Morgan fingerprint density at radius 2 is 2.41 bits per heavy atom. The van der Waals surface area contributed by atoms with E-state index in [2.05, 4.69) is 10.3 Å². The van der Waals surface area contributed by atoms with Crippen LogP contribution < -0.4 is 5.32 Å². The summed E-state index contributed by atoms with van der Waals surface area (Å²) in [6, 6.07) is 0.484. The van der Waals surface area contributed by atoms with Crippen molar-refractivity contribution in [3.63, 3.8) is 0 Å². The van der Waals surface area contributed by atoms with Gasteiger partial charge < -0.3 is 9.88 Å². The van der Waals surface area contributed by atoms with Crippen molar-refractivity contribution in [2.24, 2.45) is 7.05 Å². The van der Waals surface area contributed by atoms with Crippen LogP contribution in [0.2, 0.25) is 0 Å². The zero-order valence-electron chi connectivity index (χ0n) is 10.1. The summed E-state index contributed by atoms with van der Waals surface area (Å²) in [6.07, 6.45) is 7.27. The minimum Gasteiger partial charge on any atom is -0.332 e. The van der Waals surface area contributed by atoms with Crippen molar-refractivity contribution >= 4 is 11.3 Å². The Morgan fingerprint density at radius 3 is 3.12 bits per heavy atom. The molecule has 4 nitrogen and oxygen atoms in total. The topological polar surface area (TPSA) is 42.7 Å². The van der Waals surface area contributed by atoms with Crippen LogP contribution in [0.15, 0.2) is 12.5 Å². The third kappa shape index (κ3) is 1.79. The molecule has 90 valence electrons. The number of rotatable bonds is 2. The molecule has 0 amide bonds. The summed E-state index contributed by atoms with van der Waals surface area (Å²) >= 11 is 1.81. The van der Waals surface area contributed by atoms with Gasteiger partial charge in [-0.25, -0.2) is 9.97 Å². The van der Waals surface area contributed by atoms with Crippen molar-refractivity contribution in [1.82, 2.24) is 19.9 Å². The predicted molar refractivity (Wildman–Crippen MR) is 69.1 cm³/mol. The molecule has 0 fully saturated rings. The van der Waals surface area contributed by atoms with E-state index in [0.717, 1.165) is 17.1 Å². The first-order valence-corrected chi connectivity index (χ1v) is 6.75. The molecule has 0 aliphatic heterocycles. The van der Waals surface area contributed by atoms with Gasteiger partial charge in [-0.1, -0.05) is 0 Å². The van der Waals surface area contributed by atoms with Gasteiger partial charge in [0.05, 0.1) is 23.9 Å². The predicted octanol–water partition coefficient (Wildman–Crippen LogP) is 2.14. The van der Waals surface area contributed by atoms with Gasteiger partial charge in [0.2, 0.25) is 0 Å². The van der Waals surface area contributed by atoms with Gasteiger partial charge in [-0.05, 0) is 26.3 Å². The van der Waals surface area contributed by atoms with E-state index in [9.17, 15) is 0 Å². The Bertz CT molecular complexity index is 528. The molecule has 0 saturated carbocycles. The van der Waals surface area contributed by atoms with Gasteiger partial charge in [0, 0.05) is 18.0 Å². The minimum absolute atomic E-state index is 0.484. The number of imidazole rings is 1. The second-order valence-corrected chi connectivity index (χ2v) is 5.48. The molecule has 17 heavy (non-hydrogen) atoms. The molecule has 3 rings (SSSR count). The van der Waals surface area contributed by atoms with Crippen LogP contribution >= 0.6 is 11.3 Å². The number of aryl methyl sites for hydroxylation is 2. The Hall–Kier alpha value is -1.20. The van der Waals surface area contributed by atoms with Gasteiger partial charge in [0.1, 0.15) is 5.01 Å². The Kier molecular flexibility index (Phi) is 2.72. The lowest BCUT2D eigenvalue weighted by molar-refractivity contribution is 0.501. The van der Waals surface area contributed by atoms with Crippen molar-refractivity contribution in [2.45, 2.75) is 25.3 Å². The molecule has 0 saturated heterocycles. The van der Waals surface area contributed by atoms with E-state index in [-0.39, 0.29) is 0 Å². The molecular weight excluding hydrogens is 232 g/mol. The number of hydrogen-bond donors (Lipinski definition) is 1. The molecular formula is C12H16N4S. The SMILES string of the molecule is CNC1CCCc2nc(-c3cncn3C)sc21. The second-order valence-electron chi connectivity index (χ2n) is 4.45. The maximum atomic E-state index is 4.77. The maximum absolute atomic E-state index is 4.77. The van der Waals surface area contributed by atoms with E-state index < -0.39 is 0 Å². The number of nitrogens with zero attached hydrogens (tertiary/aromatic N) is 3. The zero-order valence-corrected chi connectivity index (χ0v) is 10.9. The van der Waals surface area contributed by atoms with Crippen LogP contribution in [0.25, 0.3) is 10.7 Å². The van der Waals surface area contributed by atoms with Crippen LogP contribution in [0.5, 0.6) is 0 Å². The van der Waals surface area contributed by atoms with E-state index in [1.807, 2.05) is 31.2 Å². The second kappa shape index (κ2) is 4.23. The van der Waals surface area contributed by atoms with Gasteiger partial charge in [-0.15, -0.1) is 11.3 Å². The van der Waals surface area contributed by atoms with Gasteiger partial charge in [0.25, 0.3) is 0 Å². The molecule has 2 heterocycles. The summed E-state index contributed by atoms with van der Waals surface area (Å²) in [6.45, 7) is 0. The van der Waals surface area contributed by atoms with Gasteiger partial charge in [-0.2, -0.15) is 0 Å². The number of aromatic nitrogens is 3. The third-order valence-corrected chi connectivity index (χ3v) is 4.57. The van der Waals surface area contributed by atoms with E-state index in [0.29, 0.717) is 6.04 Å². The normalized spacial score (nSPS) is 19.3. The lowest BCUT2D eigenvalue weighted by Crippen LogP contribution is -2.19. The lowest BCUT2D eigenvalue weighted by atomic mass is 9.98. The fourth-order valence-electron chi connectivity index (χ4n) is 2.37. The van der Waals surface area contributed by atoms with Crippen molar-refractivity contribution in [3.05, 3.63) is 23.1 Å². The van der Waals surface area contributed by atoms with Crippen molar-refractivity contribution in [3.8, 4) is 10.7 Å². The monoisotopic (exact) mass is 248 g/mol. The first kappa shape index (κ1) is 10.9. The lowest BCUT2D eigenvalue weighted by Gasteiger charge is -2.19. The highest BCUT2D eigenvalue weighted by Crippen LogP contribution is 2.37. The average molecular weight is 248 g/mol. The van der Waals surface area contributed by atoms with Gasteiger partial charge >= 0.3 is 0 Å². The number of thiazole rings is 1. The Morgan fingerprint density at radius 1 is 1.53 bits per heavy atom. The highest BCUT2D eigenvalue weighted by molar-refractivity contribution is 7.15. The number of fused-ring (bicyclic) bond motifs is 1. The standard InChI is InChI=1S/C12H16N4S/c1-13-8-4-3-5-9-11(8)17-12(15-9)10-6-14-7-16(10)2/h6-8,13H,3-5H2,1-2H3. The van der Waals surface area contributed by atoms with Crippen LogP contribution in [0, 0.1) is 0 Å². The molecule has 1 aliphatic carbocycles. The summed E-state index contributed by atoms with van der Waals surface area (Å²) in [5, 5.41) is 4.48. The minimum atomic E-state index is 0.484. The molecule has 5 heteroatoms. The average Bonchev–Trinajstić information content (AvgIpc) is 2.93. The number of hydrogen-bond acceptors (Lipinski definition) is 4. The quantitative estimate of drug-likeness (QED) is 0.885. The Labute approximate surface area is 105 Å². The summed E-state index contributed by atoms with van der Waals surface area (Å²) in [5.74, 6) is 0. The molecule has 1 unspecified atom stereocenters. The number of nitrogens with one attached hydrogen (secondary N) is 1. The van der Waals surface area contributed by atoms with Gasteiger partial charge in [0.15, 0.2) is 0 Å². The molecule has 2 aromatic rings. The summed E-state index contributed by atoms with van der Waals surface area (Å²) in [7, 11) is 4.04. The summed E-state index contributed by atoms with van der Waals surface area (Å²) in [4.78, 5) is 10.3. The van der Waals surface area contributed by atoms with Gasteiger partial charge in [-0.3, -0.25) is 0 Å². The fraction of sp³-hybridized carbons (Fsp3) is 0.500. The van der Waals surface area contributed by atoms with E-state index >= 15 is 0 Å². The first-order chi connectivity index (χ1) is 8.29. The maximum Gasteiger partial charge on any atom is 0.142 e. The molecule has 1 aliphatic rings. The van der Waals surface area contributed by atoms with Crippen molar-refractivity contribution in [2.75, 3.05) is 7.05 Å². The van der Waals surface area contributed by atoms with E-state index in [1.54, 1.807) is 11.3 Å². The molecule has 1 N–H and O–H groups in total. The molecule has 0 aromatic carbocycles. The molecule has 0 spiro atoms. The largest absolute Gasteiger partial charge is 0.332 e. The summed E-state index contributed by atoms with van der Waals surface area (Å²) < 4.78 is 2.03. The summed E-state index contributed by atoms with van der Waals surface area (Å²) in [5.41, 5.74) is 2.39. The van der Waals surface area contributed by atoms with Crippen LogP contribution in [-0.4, -0.2) is 21.6 Å². The molecule has 1 atom stereocenters. The third-order valence-electron chi connectivity index (χ3n) is 3.33. The van der Waals surface area contributed by atoms with Crippen LogP contribution in [0.3, 0.4) is 0 Å². The van der Waals surface area contributed by atoms with E-state index in [1.165, 1.54) is 23.4 Å². The molecule has 0 radical (unpaired) electrons. The van der Waals surface area contributed by atoms with Crippen molar-refractivity contribution in [1.29, 1.82) is 0 Å². The van der Waals surface area contributed by atoms with Crippen LogP contribution in [0.4, 0.5) is 0 Å². The Balaban J connectivity index is 2.04. The molecule has 2 aromatic heterocycles. The van der Waals surface area contributed by atoms with E-state index in [4.69, 9.17) is 4.98 Å². The van der Waals surface area contributed by atoms with Crippen LogP contribution in [0.1, 0.15) is 29.5 Å². The highest BCUT2D eigenvalue weighted by Gasteiger charge is 2.24. The highest BCUT2D eigenvalue weighted by atomic mass is 32.1. The zero-order chi connectivity index (χ0) is 11.8.